The van der Waals surface area contributed by atoms with Crippen molar-refractivity contribution in [1.82, 2.24) is 0 Å². The zero-order chi connectivity index (χ0) is 45.0. The lowest BCUT2D eigenvalue weighted by molar-refractivity contribution is -0.109. The van der Waals surface area contributed by atoms with Crippen LogP contribution < -0.4 is 0 Å². The van der Waals surface area contributed by atoms with E-state index >= 15 is 0 Å². The standard InChI is InChI=1S/C44H90O17/c1-10-11-12-46-13-14-47-15-16-48-17-18-49-19-20-50-21-22-51-23-24-52-25-26-53-27-28-54-30-38(3)56-32-40(5)58-34-42(7)60-36-44(9)61-35-43(8)59-33-41(6)57-31-39(4)55-29-37(2)45/h37-45H,10-36H2,1-9H3. The predicted octanol–water partition coefficient (Wildman–Crippen LogP) is 4.15. The smallest absolute Gasteiger partial charge is 0.0781 e. The number of rotatable bonds is 50. The Balaban J connectivity index is 3.50. The van der Waals surface area contributed by atoms with Crippen molar-refractivity contribution in [2.24, 2.45) is 0 Å². The fourth-order valence-electron chi connectivity index (χ4n) is 4.69. The summed E-state index contributed by atoms with van der Waals surface area (Å²) in [5.41, 5.74) is 0. The number of aliphatic hydroxyl groups is 1. The maximum absolute atomic E-state index is 9.32. The minimum absolute atomic E-state index is 0.0703. The molecule has 61 heavy (non-hydrogen) atoms. The van der Waals surface area contributed by atoms with Gasteiger partial charge in [0.25, 0.3) is 0 Å². The Morgan fingerprint density at radius 3 is 0.689 bits per heavy atom. The molecule has 17 nitrogen and oxygen atoms in total. The number of aliphatic hydroxyl groups excluding tert-OH is 1. The molecule has 0 radical (unpaired) electrons. The lowest BCUT2D eigenvalue weighted by Gasteiger charge is -2.23. The first-order chi connectivity index (χ1) is 29.5. The second kappa shape index (κ2) is 45.9. The number of ether oxygens (including phenoxy) is 16. The van der Waals surface area contributed by atoms with Gasteiger partial charge in [-0.25, -0.2) is 0 Å². The molecular formula is C44H90O17. The lowest BCUT2D eigenvalue weighted by atomic mass is 10.3. The van der Waals surface area contributed by atoms with Crippen LogP contribution in [0.2, 0.25) is 0 Å². The van der Waals surface area contributed by atoms with Gasteiger partial charge in [-0.15, -0.1) is 0 Å². The third kappa shape index (κ3) is 47.1. The first-order valence-corrected chi connectivity index (χ1v) is 22.7. The van der Waals surface area contributed by atoms with E-state index in [0.717, 1.165) is 19.4 Å². The Bertz CT molecular complexity index is 863. The van der Waals surface area contributed by atoms with Gasteiger partial charge in [0.2, 0.25) is 0 Å². The molecule has 8 atom stereocenters. The highest BCUT2D eigenvalue weighted by Gasteiger charge is 2.14. The Hall–Kier alpha value is -0.680. The van der Waals surface area contributed by atoms with Gasteiger partial charge in [-0.2, -0.15) is 0 Å². The molecule has 0 aromatic carbocycles. The molecule has 0 saturated carbocycles. The van der Waals surface area contributed by atoms with Crippen LogP contribution in [0.1, 0.15) is 75.2 Å². The topological polar surface area (TPSA) is 168 Å². The molecule has 0 saturated heterocycles. The monoisotopic (exact) mass is 891 g/mol. The maximum atomic E-state index is 9.32. The molecule has 0 amide bonds. The fourth-order valence-corrected chi connectivity index (χ4v) is 4.69. The summed E-state index contributed by atoms with van der Waals surface area (Å²) in [4.78, 5) is 0. The van der Waals surface area contributed by atoms with E-state index < -0.39 is 6.10 Å². The third-order valence-electron chi connectivity index (χ3n) is 8.29. The van der Waals surface area contributed by atoms with Gasteiger partial charge >= 0.3 is 0 Å². The van der Waals surface area contributed by atoms with Gasteiger partial charge in [-0.3, -0.25) is 0 Å². The van der Waals surface area contributed by atoms with E-state index in [1.807, 2.05) is 48.5 Å². The molecular weight excluding hydrogens is 800 g/mol. The van der Waals surface area contributed by atoms with Crippen LogP contribution in [-0.2, 0) is 75.8 Å². The SMILES string of the molecule is CCCCOCCOCCOCCOCCOCCOCCOCCOCCOCC(C)OCC(C)OCC(C)OCC(C)OCC(C)OCC(C)OCC(C)OCC(C)O. The summed E-state index contributed by atoms with van der Waals surface area (Å²) >= 11 is 0. The van der Waals surface area contributed by atoms with Crippen LogP contribution in [0.25, 0.3) is 0 Å². The molecule has 0 heterocycles. The molecule has 17 heteroatoms. The normalized spacial score (nSPS) is 16.0. The summed E-state index contributed by atoms with van der Waals surface area (Å²) in [5, 5.41) is 9.32. The van der Waals surface area contributed by atoms with Crippen molar-refractivity contribution in [3.05, 3.63) is 0 Å². The zero-order valence-corrected chi connectivity index (χ0v) is 39.7. The van der Waals surface area contributed by atoms with Gasteiger partial charge in [0.1, 0.15) is 0 Å². The molecule has 0 aromatic rings. The molecule has 0 fully saturated rings. The van der Waals surface area contributed by atoms with Gasteiger partial charge in [-0.1, -0.05) is 13.3 Å². The summed E-state index contributed by atoms with van der Waals surface area (Å²) in [6.45, 7) is 30.2. The summed E-state index contributed by atoms with van der Waals surface area (Å²) in [7, 11) is 0. The molecule has 1 N–H and O–H groups in total. The van der Waals surface area contributed by atoms with E-state index in [2.05, 4.69) is 6.92 Å². The number of unbranched alkanes of at least 4 members (excludes halogenated alkanes) is 1. The second-order valence-corrected chi connectivity index (χ2v) is 15.2. The Kier molecular flexibility index (Phi) is 45.4. The molecule has 0 spiro atoms. The second-order valence-electron chi connectivity index (χ2n) is 15.2. The molecule has 0 aromatic heterocycles. The first kappa shape index (κ1) is 60.3. The van der Waals surface area contributed by atoms with Gasteiger partial charge in [0.15, 0.2) is 0 Å². The molecule has 0 aliphatic rings. The minimum Gasteiger partial charge on any atom is -0.391 e. The van der Waals surface area contributed by atoms with E-state index in [9.17, 15) is 5.11 Å². The predicted molar refractivity (Wildman–Crippen MR) is 232 cm³/mol. The molecule has 0 rings (SSSR count). The molecule has 368 valence electrons. The molecule has 0 aliphatic heterocycles. The van der Waals surface area contributed by atoms with Crippen molar-refractivity contribution in [3.63, 3.8) is 0 Å². The lowest BCUT2D eigenvalue weighted by Crippen LogP contribution is -2.30. The highest BCUT2D eigenvalue weighted by molar-refractivity contribution is 4.59. The van der Waals surface area contributed by atoms with Crippen molar-refractivity contribution in [3.8, 4) is 0 Å². The summed E-state index contributed by atoms with van der Waals surface area (Å²) in [5.74, 6) is 0. The zero-order valence-electron chi connectivity index (χ0n) is 39.7. The Morgan fingerprint density at radius 2 is 0.459 bits per heavy atom. The van der Waals surface area contributed by atoms with E-state index in [0.29, 0.717) is 159 Å². The summed E-state index contributed by atoms with van der Waals surface area (Å²) in [6.07, 6.45) is 1.15. The van der Waals surface area contributed by atoms with Crippen LogP contribution in [0.3, 0.4) is 0 Å². The highest BCUT2D eigenvalue weighted by atomic mass is 16.6. The molecule has 8 unspecified atom stereocenters. The van der Waals surface area contributed by atoms with Crippen molar-refractivity contribution in [2.75, 3.05) is 165 Å². The number of hydrogen-bond donors (Lipinski definition) is 1. The van der Waals surface area contributed by atoms with Crippen molar-refractivity contribution in [1.29, 1.82) is 0 Å². The van der Waals surface area contributed by atoms with Crippen LogP contribution >= 0.6 is 0 Å². The van der Waals surface area contributed by atoms with Crippen LogP contribution in [0, 0.1) is 0 Å². The Labute approximate surface area is 369 Å². The summed E-state index contributed by atoms with van der Waals surface area (Å²) < 4.78 is 90.5. The van der Waals surface area contributed by atoms with Gasteiger partial charge < -0.3 is 80.9 Å². The number of hydrogen-bond acceptors (Lipinski definition) is 17. The summed E-state index contributed by atoms with van der Waals surface area (Å²) in [6, 6.07) is 0. The Morgan fingerprint density at radius 1 is 0.262 bits per heavy atom. The van der Waals surface area contributed by atoms with Crippen LogP contribution in [0.5, 0.6) is 0 Å². The maximum Gasteiger partial charge on any atom is 0.0781 e. The van der Waals surface area contributed by atoms with Gasteiger partial charge in [0.05, 0.1) is 207 Å². The molecule has 0 bridgehead atoms. The van der Waals surface area contributed by atoms with Crippen LogP contribution in [-0.4, -0.2) is 219 Å². The van der Waals surface area contributed by atoms with Crippen LogP contribution in [0.15, 0.2) is 0 Å². The van der Waals surface area contributed by atoms with Gasteiger partial charge in [-0.05, 0) is 61.8 Å². The third-order valence-corrected chi connectivity index (χ3v) is 8.29. The van der Waals surface area contributed by atoms with Crippen LogP contribution in [0.4, 0.5) is 0 Å². The average Bonchev–Trinajstić information content (AvgIpc) is 3.24. The van der Waals surface area contributed by atoms with E-state index in [-0.39, 0.29) is 42.7 Å². The largest absolute Gasteiger partial charge is 0.391 e. The van der Waals surface area contributed by atoms with Crippen molar-refractivity contribution in [2.45, 2.75) is 124 Å². The first-order valence-electron chi connectivity index (χ1n) is 22.7. The molecule has 0 aliphatic carbocycles. The fraction of sp³-hybridized carbons (Fsp3) is 1.00. The van der Waals surface area contributed by atoms with E-state index in [1.165, 1.54) is 0 Å². The minimum atomic E-state index is -0.490. The quantitative estimate of drug-likeness (QED) is 0.0865. The highest BCUT2D eigenvalue weighted by Crippen LogP contribution is 2.05. The van der Waals surface area contributed by atoms with E-state index in [4.69, 9.17) is 75.8 Å². The van der Waals surface area contributed by atoms with Crippen molar-refractivity contribution < 1.29 is 80.9 Å². The van der Waals surface area contributed by atoms with Gasteiger partial charge in [0, 0.05) is 6.61 Å². The van der Waals surface area contributed by atoms with E-state index in [1.54, 1.807) is 6.92 Å². The van der Waals surface area contributed by atoms with Crippen molar-refractivity contribution >= 4 is 0 Å². The average molecular weight is 891 g/mol.